The van der Waals surface area contributed by atoms with Crippen LogP contribution in [-0.2, 0) is 12.8 Å². The molecule has 2 rings (SSSR count). The van der Waals surface area contributed by atoms with Crippen LogP contribution >= 0.6 is 0 Å². The van der Waals surface area contributed by atoms with Crippen LogP contribution < -0.4 is 5.32 Å². The molecule has 0 radical (unpaired) electrons. The minimum absolute atomic E-state index is 0.851. The molecule has 19 heavy (non-hydrogen) atoms. The minimum atomic E-state index is 0.851. The monoisotopic (exact) mass is 259 g/mol. The van der Waals surface area contributed by atoms with Gasteiger partial charge in [-0.2, -0.15) is 0 Å². The van der Waals surface area contributed by atoms with Gasteiger partial charge in [0.2, 0.25) is 0 Å². The van der Waals surface area contributed by atoms with Gasteiger partial charge in [-0.1, -0.05) is 13.8 Å². The number of anilines is 1. The number of nitrogens with zero attached hydrogens (tertiary/aromatic N) is 4. The fourth-order valence-electron chi connectivity index (χ4n) is 2.02. The van der Waals surface area contributed by atoms with Gasteiger partial charge in [0.25, 0.3) is 0 Å². The summed E-state index contributed by atoms with van der Waals surface area (Å²) in [5, 5.41) is 3.09. The molecule has 2 aromatic rings. The Hall–Kier alpha value is -1.91. The molecule has 0 saturated heterocycles. The smallest absolute Gasteiger partial charge is 0.143 e. The molecule has 102 valence electrons. The lowest BCUT2D eigenvalue weighted by Crippen LogP contribution is -2.08. The summed E-state index contributed by atoms with van der Waals surface area (Å²) >= 11 is 0. The Morgan fingerprint density at radius 2 is 1.95 bits per heavy atom. The highest BCUT2D eigenvalue weighted by Crippen LogP contribution is 2.14. The highest BCUT2D eigenvalue weighted by molar-refractivity contribution is 5.41. The normalized spacial score (nSPS) is 10.7. The van der Waals surface area contributed by atoms with E-state index in [9.17, 15) is 0 Å². The van der Waals surface area contributed by atoms with Crippen molar-refractivity contribution in [2.75, 3.05) is 12.4 Å². The van der Waals surface area contributed by atoms with Gasteiger partial charge in [0, 0.05) is 38.3 Å². The van der Waals surface area contributed by atoms with Crippen molar-refractivity contribution in [3.8, 4) is 5.82 Å². The van der Waals surface area contributed by atoms with Crippen molar-refractivity contribution in [3.63, 3.8) is 0 Å². The number of aromatic nitrogens is 4. The zero-order chi connectivity index (χ0) is 13.7. The van der Waals surface area contributed by atoms with E-state index in [0.717, 1.165) is 49.0 Å². The summed E-state index contributed by atoms with van der Waals surface area (Å²) in [5.74, 6) is 3.67. The first-order valence-corrected chi connectivity index (χ1v) is 6.86. The maximum absolute atomic E-state index is 4.63. The van der Waals surface area contributed by atoms with Gasteiger partial charge >= 0.3 is 0 Å². The summed E-state index contributed by atoms with van der Waals surface area (Å²) in [6.45, 7) is 4.29. The van der Waals surface area contributed by atoms with Crippen molar-refractivity contribution in [3.05, 3.63) is 30.1 Å². The highest BCUT2D eigenvalue weighted by atomic mass is 15.1. The summed E-state index contributed by atoms with van der Waals surface area (Å²) in [5.41, 5.74) is 0. The SMILES string of the molecule is CCCc1nc(NC)cc(-n2ccnc2CCC)n1. The zero-order valence-electron chi connectivity index (χ0n) is 11.8. The van der Waals surface area contributed by atoms with Gasteiger partial charge in [-0.3, -0.25) is 4.57 Å². The van der Waals surface area contributed by atoms with E-state index in [0.29, 0.717) is 0 Å². The first kappa shape index (κ1) is 13.5. The van der Waals surface area contributed by atoms with Gasteiger partial charge in [-0.05, 0) is 12.8 Å². The maximum Gasteiger partial charge on any atom is 0.143 e. The number of rotatable bonds is 6. The molecule has 2 aromatic heterocycles. The fraction of sp³-hybridized carbons (Fsp3) is 0.500. The lowest BCUT2D eigenvalue weighted by Gasteiger charge is -2.10. The van der Waals surface area contributed by atoms with Crippen LogP contribution in [0.2, 0.25) is 0 Å². The van der Waals surface area contributed by atoms with Crippen molar-refractivity contribution in [1.29, 1.82) is 0 Å². The summed E-state index contributed by atoms with van der Waals surface area (Å²) < 4.78 is 2.05. The number of aryl methyl sites for hydroxylation is 2. The molecule has 2 heterocycles. The van der Waals surface area contributed by atoms with Crippen LogP contribution in [0, 0.1) is 0 Å². The van der Waals surface area contributed by atoms with Gasteiger partial charge in [0.1, 0.15) is 23.3 Å². The zero-order valence-corrected chi connectivity index (χ0v) is 11.8. The Morgan fingerprint density at radius 3 is 2.63 bits per heavy atom. The predicted molar refractivity (Wildman–Crippen MR) is 76.7 cm³/mol. The number of nitrogens with one attached hydrogen (secondary N) is 1. The molecule has 0 bridgehead atoms. The van der Waals surface area contributed by atoms with E-state index >= 15 is 0 Å². The standard InChI is InChI=1S/C14H21N5/c1-4-6-11-17-12(15-3)10-14(18-11)19-9-8-16-13(19)7-5-2/h8-10H,4-7H2,1-3H3,(H,15,17,18). The molecule has 0 amide bonds. The fourth-order valence-corrected chi connectivity index (χ4v) is 2.02. The molecule has 0 unspecified atom stereocenters. The van der Waals surface area contributed by atoms with E-state index in [-0.39, 0.29) is 0 Å². The molecule has 0 atom stereocenters. The third-order valence-electron chi connectivity index (χ3n) is 2.93. The third-order valence-corrected chi connectivity index (χ3v) is 2.93. The highest BCUT2D eigenvalue weighted by Gasteiger charge is 2.09. The van der Waals surface area contributed by atoms with Gasteiger partial charge in [-0.25, -0.2) is 15.0 Å². The second-order valence-electron chi connectivity index (χ2n) is 4.49. The molecule has 0 aliphatic rings. The summed E-state index contributed by atoms with van der Waals surface area (Å²) in [6, 6.07) is 1.96. The molecule has 0 fully saturated rings. The average molecular weight is 259 g/mol. The first-order valence-electron chi connectivity index (χ1n) is 6.86. The maximum atomic E-state index is 4.63. The molecule has 0 aromatic carbocycles. The van der Waals surface area contributed by atoms with Crippen molar-refractivity contribution in [2.45, 2.75) is 39.5 Å². The molecule has 0 aliphatic heterocycles. The third kappa shape index (κ3) is 3.10. The molecular weight excluding hydrogens is 238 g/mol. The topological polar surface area (TPSA) is 55.6 Å². The second kappa shape index (κ2) is 6.31. The second-order valence-corrected chi connectivity index (χ2v) is 4.49. The molecule has 0 spiro atoms. The molecule has 0 aliphatic carbocycles. The van der Waals surface area contributed by atoms with Crippen molar-refractivity contribution < 1.29 is 0 Å². The lowest BCUT2D eigenvalue weighted by atomic mass is 10.3. The summed E-state index contributed by atoms with van der Waals surface area (Å²) in [6.07, 6.45) is 7.74. The van der Waals surface area contributed by atoms with Gasteiger partial charge in [0.05, 0.1) is 0 Å². The Balaban J connectivity index is 2.42. The van der Waals surface area contributed by atoms with Crippen LogP contribution in [0.3, 0.4) is 0 Å². The Labute approximate surface area is 114 Å². The van der Waals surface area contributed by atoms with E-state index in [1.54, 1.807) is 0 Å². The summed E-state index contributed by atoms with van der Waals surface area (Å²) in [4.78, 5) is 13.5. The van der Waals surface area contributed by atoms with Gasteiger partial charge in [0.15, 0.2) is 0 Å². The molecule has 5 heteroatoms. The average Bonchev–Trinajstić information content (AvgIpc) is 2.87. The molecule has 1 N–H and O–H groups in total. The van der Waals surface area contributed by atoms with Crippen molar-refractivity contribution >= 4 is 5.82 Å². The number of imidazole rings is 1. The lowest BCUT2D eigenvalue weighted by molar-refractivity contribution is 0.776. The van der Waals surface area contributed by atoms with E-state index in [1.807, 2.05) is 30.1 Å². The van der Waals surface area contributed by atoms with Crippen LogP contribution in [0.4, 0.5) is 5.82 Å². The largest absolute Gasteiger partial charge is 0.373 e. The van der Waals surface area contributed by atoms with Gasteiger partial charge in [-0.15, -0.1) is 0 Å². The van der Waals surface area contributed by atoms with E-state index in [1.165, 1.54) is 0 Å². The Bertz CT molecular complexity index is 532. The van der Waals surface area contributed by atoms with E-state index in [4.69, 9.17) is 0 Å². The number of hydrogen-bond acceptors (Lipinski definition) is 4. The number of hydrogen-bond donors (Lipinski definition) is 1. The van der Waals surface area contributed by atoms with Crippen molar-refractivity contribution in [2.24, 2.45) is 0 Å². The molecular formula is C14H21N5. The van der Waals surface area contributed by atoms with Crippen LogP contribution in [-0.4, -0.2) is 26.6 Å². The Kier molecular flexibility index (Phi) is 4.49. The van der Waals surface area contributed by atoms with Crippen LogP contribution in [0.15, 0.2) is 18.5 Å². The minimum Gasteiger partial charge on any atom is -0.373 e. The van der Waals surface area contributed by atoms with Crippen LogP contribution in [0.1, 0.15) is 38.3 Å². The Morgan fingerprint density at radius 1 is 1.16 bits per heavy atom. The molecule has 5 nitrogen and oxygen atoms in total. The molecule has 0 saturated carbocycles. The first-order chi connectivity index (χ1) is 9.28. The van der Waals surface area contributed by atoms with Gasteiger partial charge < -0.3 is 5.32 Å². The van der Waals surface area contributed by atoms with Crippen molar-refractivity contribution in [1.82, 2.24) is 19.5 Å². The quantitative estimate of drug-likeness (QED) is 0.866. The van der Waals surface area contributed by atoms with Crippen LogP contribution in [0.25, 0.3) is 5.82 Å². The summed E-state index contributed by atoms with van der Waals surface area (Å²) in [7, 11) is 1.88. The van der Waals surface area contributed by atoms with E-state index in [2.05, 4.69) is 34.1 Å². The van der Waals surface area contributed by atoms with E-state index < -0.39 is 0 Å². The predicted octanol–water partition coefficient (Wildman–Crippen LogP) is 2.61. The van der Waals surface area contributed by atoms with Crippen LogP contribution in [0.5, 0.6) is 0 Å².